The summed E-state index contributed by atoms with van der Waals surface area (Å²) in [6, 6.07) is -2.36. The van der Waals surface area contributed by atoms with Crippen LogP contribution in [0.1, 0.15) is 26.2 Å². The first-order valence-corrected chi connectivity index (χ1v) is 4.44. The quantitative estimate of drug-likeness (QED) is 0.653. The Morgan fingerprint density at radius 2 is 1.93 bits per heavy atom. The Morgan fingerprint density at radius 3 is 2.20 bits per heavy atom. The molecule has 0 aromatic heterocycles. The Hall–Kier alpha value is -0.820. The highest BCUT2D eigenvalue weighted by Gasteiger charge is 2.59. The zero-order valence-electron chi connectivity index (χ0n) is 8.21. The number of unbranched alkanes of at least 4 members (excludes halogenated alkanes) is 1. The van der Waals surface area contributed by atoms with Gasteiger partial charge in [-0.25, -0.2) is 0 Å². The van der Waals surface area contributed by atoms with Gasteiger partial charge >= 0.3 is 12.1 Å². The maximum absolute atomic E-state index is 12.4. The molecule has 0 aliphatic rings. The molecule has 2 atom stereocenters. The number of carboxylic acids is 1. The van der Waals surface area contributed by atoms with Crippen molar-refractivity contribution in [1.29, 1.82) is 0 Å². The van der Waals surface area contributed by atoms with Gasteiger partial charge in [0, 0.05) is 0 Å². The van der Waals surface area contributed by atoms with Crippen LogP contribution < -0.4 is 5.73 Å². The van der Waals surface area contributed by atoms with E-state index in [4.69, 9.17) is 10.8 Å². The number of nitrogens with two attached hydrogens (primary N) is 1. The van der Waals surface area contributed by atoms with Gasteiger partial charge in [-0.05, 0) is 6.42 Å². The molecule has 0 fully saturated rings. The third-order valence-corrected chi connectivity index (χ3v) is 2.18. The molecule has 0 amide bonds. The highest BCUT2D eigenvalue weighted by molar-refractivity contribution is 5.75. The minimum Gasteiger partial charge on any atom is -0.480 e. The van der Waals surface area contributed by atoms with Gasteiger partial charge in [-0.1, -0.05) is 19.8 Å². The number of carbonyl (C=O) groups is 1. The molecule has 0 rings (SSSR count). The molecule has 0 radical (unpaired) electrons. The summed E-state index contributed by atoms with van der Waals surface area (Å²) in [6.45, 7) is 1.63. The molecular weight excluding hydrogens is 215 g/mol. The lowest BCUT2D eigenvalue weighted by molar-refractivity contribution is -0.270. The Balaban J connectivity index is 4.93. The molecule has 0 saturated heterocycles. The van der Waals surface area contributed by atoms with Gasteiger partial charge in [0.2, 0.25) is 0 Å². The molecule has 4 nitrogen and oxygen atoms in total. The lowest BCUT2D eigenvalue weighted by Gasteiger charge is -2.33. The average Bonchev–Trinajstić information content (AvgIpc) is 2.10. The normalized spacial score (nSPS) is 18.3. The van der Waals surface area contributed by atoms with E-state index in [1.165, 1.54) is 0 Å². The van der Waals surface area contributed by atoms with Crippen LogP contribution >= 0.6 is 0 Å². The number of carboxylic acid groups (broad SMARTS) is 1. The standard InChI is InChI=1S/C8H14F3NO3/c1-2-3-4-7(15,8(9,10)11)5(12)6(13)14/h5,15H,2-4,12H2,1H3,(H,13,14)/t5-,7+/m1/s1. The number of halogens is 3. The fraction of sp³-hybridized carbons (Fsp3) is 0.875. The van der Waals surface area contributed by atoms with E-state index in [9.17, 15) is 23.1 Å². The monoisotopic (exact) mass is 229 g/mol. The Bertz CT molecular complexity index is 232. The van der Waals surface area contributed by atoms with E-state index in [0.717, 1.165) is 0 Å². The van der Waals surface area contributed by atoms with Crippen molar-refractivity contribution in [3.8, 4) is 0 Å². The van der Waals surface area contributed by atoms with Crippen LogP contribution in [0.2, 0.25) is 0 Å². The Morgan fingerprint density at radius 1 is 1.47 bits per heavy atom. The lowest BCUT2D eigenvalue weighted by Crippen LogP contribution is -2.61. The molecule has 15 heavy (non-hydrogen) atoms. The van der Waals surface area contributed by atoms with E-state index in [-0.39, 0.29) is 6.42 Å². The van der Waals surface area contributed by atoms with E-state index >= 15 is 0 Å². The van der Waals surface area contributed by atoms with Crippen molar-refractivity contribution in [2.75, 3.05) is 0 Å². The van der Waals surface area contributed by atoms with E-state index in [1.807, 2.05) is 0 Å². The van der Waals surface area contributed by atoms with Crippen LogP contribution in [-0.4, -0.2) is 34.0 Å². The smallest absolute Gasteiger partial charge is 0.419 e. The maximum Gasteiger partial charge on any atom is 0.419 e. The van der Waals surface area contributed by atoms with Crippen molar-refractivity contribution in [2.24, 2.45) is 5.73 Å². The van der Waals surface area contributed by atoms with E-state index in [0.29, 0.717) is 6.42 Å². The van der Waals surface area contributed by atoms with Crippen LogP contribution in [0.5, 0.6) is 0 Å². The number of aliphatic hydroxyl groups is 1. The molecule has 0 saturated carbocycles. The van der Waals surface area contributed by atoms with Crippen molar-refractivity contribution in [2.45, 2.75) is 44.0 Å². The third-order valence-electron chi connectivity index (χ3n) is 2.18. The molecule has 0 bridgehead atoms. The summed E-state index contributed by atoms with van der Waals surface area (Å²) in [6.07, 6.45) is -5.29. The average molecular weight is 229 g/mol. The summed E-state index contributed by atoms with van der Waals surface area (Å²) in [5, 5.41) is 17.7. The predicted octanol–water partition coefficient (Wildman–Crippen LogP) is 0.882. The van der Waals surface area contributed by atoms with Crippen LogP contribution in [-0.2, 0) is 4.79 Å². The molecule has 0 spiro atoms. The summed E-state index contributed by atoms with van der Waals surface area (Å²) in [5.74, 6) is -1.87. The zero-order valence-corrected chi connectivity index (χ0v) is 8.21. The number of hydrogen-bond donors (Lipinski definition) is 3. The van der Waals surface area contributed by atoms with Crippen LogP contribution in [0, 0.1) is 0 Å². The van der Waals surface area contributed by atoms with Gasteiger partial charge in [0.25, 0.3) is 0 Å². The second-order valence-electron chi connectivity index (χ2n) is 3.34. The van der Waals surface area contributed by atoms with Gasteiger partial charge in [-0.2, -0.15) is 13.2 Å². The van der Waals surface area contributed by atoms with Crippen LogP contribution in [0.3, 0.4) is 0 Å². The van der Waals surface area contributed by atoms with Crippen molar-refractivity contribution < 1.29 is 28.2 Å². The van der Waals surface area contributed by atoms with Gasteiger partial charge in [-0.15, -0.1) is 0 Å². The second-order valence-corrected chi connectivity index (χ2v) is 3.34. The van der Waals surface area contributed by atoms with Gasteiger partial charge < -0.3 is 15.9 Å². The molecule has 0 aliphatic heterocycles. The summed E-state index contributed by atoms with van der Waals surface area (Å²) < 4.78 is 37.3. The fourth-order valence-corrected chi connectivity index (χ4v) is 1.12. The molecular formula is C8H14F3NO3. The summed E-state index contributed by atoms with van der Waals surface area (Å²) in [4.78, 5) is 10.4. The Kier molecular flexibility index (Phi) is 4.54. The van der Waals surface area contributed by atoms with Crippen molar-refractivity contribution in [1.82, 2.24) is 0 Å². The first-order valence-electron chi connectivity index (χ1n) is 4.44. The van der Waals surface area contributed by atoms with Gasteiger partial charge in [0.15, 0.2) is 5.60 Å². The maximum atomic E-state index is 12.4. The Labute approximate surface area is 84.9 Å². The van der Waals surface area contributed by atoms with Crippen molar-refractivity contribution in [3.05, 3.63) is 0 Å². The molecule has 90 valence electrons. The highest BCUT2D eigenvalue weighted by Crippen LogP contribution is 2.36. The number of aliphatic carboxylic acids is 1. The van der Waals surface area contributed by atoms with Crippen LogP contribution in [0.15, 0.2) is 0 Å². The van der Waals surface area contributed by atoms with Crippen molar-refractivity contribution >= 4 is 5.97 Å². The minimum absolute atomic E-state index is 0.0526. The lowest BCUT2D eigenvalue weighted by atomic mass is 9.88. The van der Waals surface area contributed by atoms with Crippen molar-refractivity contribution in [3.63, 3.8) is 0 Å². The molecule has 0 heterocycles. The summed E-state index contributed by atoms with van der Waals surface area (Å²) in [5.41, 5.74) is 1.50. The highest BCUT2D eigenvalue weighted by atomic mass is 19.4. The topological polar surface area (TPSA) is 83.5 Å². The molecule has 7 heteroatoms. The van der Waals surface area contributed by atoms with Gasteiger partial charge in [0.1, 0.15) is 6.04 Å². The molecule has 0 aromatic carbocycles. The summed E-state index contributed by atoms with van der Waals surface area (Å²) in [7, 11) is 0. The minimum atomic E-state index is -5.04. The number of rotatable bonds is 5. The largest absolute Gasteiger partial charge is 0.480 e. The van der Waals surface area contributed by atoms with E-state index in [1.54, 1.807) is 6.92 Å². The first-order chi connectivity index (χ1) is 6.66. The molecule has 4 N–H and O–H groups in total. The van der Waals surface area contributed by atoms with Crippen LogP contribution in [0.25, 0.3) is 0 Å². The SMILES string of the molecule is CCCC[C@](O)([C@H](N)C(=O)O)C(F)(F)F. The van der Waals surface area contributed by atoms with Gasteiger partial charge in [-0.3, -0.25) is 4.79 Å². The fourth-order valence-electron chi connectivity index (χ4n) is 1.12. The van der Waals surface area contributed by atoms with E-state index < -0.39 is 30.2 Å². The van der Waals surface area contributed by atoms with Gasteiger partial charge in [0.05, 0.1) is 0 Å². The predicted molar refractivity (Wildman–Crippen MR) is 46.1 cm³/mol. The molecule has 0 aliphatic carbocycles. The molecule has 0 unspecified atom stereocenters. The second kappa shape index (κ2) is 4.80. The summed E-state index contributed by atoms with van der Waals surface area (Å²) >= 11 is 0. The zero-order chi connectivity index (χ0) is 12.3. The third kappa shape index (κ3) is 3.07. The number of alkyl halides is 3. The molecule has 0 aromatic rings. The van der Waals surface area contributed by atoms with Crippen LogP contribution in [0.4, 0.5) is 13.2 Å². The first kappa shape index (κ1) is 14.2. The van der Waals surface area contributed by atoms with E-state index in [2.05, 4.69) is 0 Å². The number of hydrogen-bond acceptors (Lipinski definition) is 3.